The van der Waals surface area contributed by atoms with Crippen LogP contribution in [-0.4, -0.2) is 43.9 Å². The SMILES string of the molecule is COc1cccc(CN(C(=O)/C=C/c2ccco2)[C@@H]2CCS(=O)(=O)C2)c1. The van der Waals surface area contributed by atoms with Crippen LogP contribution in [0.5, 0.6) is 5.75 Å². The third-order valence-electron chi connectivity index (χ3n) is 4.35. The fourth-order valence-corrected chi connectivity index (χ4v) is 4.74. The van der Waals surface area contributed by atoms with E-state index in [1.807, 2.05) is 24.3 Å². The van der Waals surface area contributed by atoms with E-state index in [-0.39, 0.29) is 23.5 Å². The zero-order valence-corrected chi connectivity index (χ0v) is 15.3. The Kier molecular flexibility index (Phi) is 5.46. The van der Waals surface area contributed by atoms with Crippen molar-refractivity contribution >= 4 is 21.8 Å². The molecule has 1 saturated heterocycles. The molecule has 3 rings (SSSR count). The molecule has 0 saturated carbocycles. The molecule has 1 amide bonds. The molecule has 0 aliphatic carbocycles. The molecule has 1 aliphatic rings. The largest absolute Gasteiger partial charge is 0.497 e. The summed E-state index contributed by atoms with van der Waals surface area (Å²) in [5.74, 6) is 1.13. The lowest BCUT2D eigenvalue weighted by Gasteiger charge is -2.27. The summed E-state index contributed by atoms with van der Waals surface area (Å²) in [4.78, 5) is 14.4. The van der Waals surface area contributed by atoms with E-state index in [1.165, 1.54) is 12.3 Å². The maximum Gasteiger partial charge on any atom is 0.247 e. The maximum atomic E-state index is 12.8. The quantitative estimate of drug-likeness (QED) is 0.725. The van der Waals surface area contributed by atoms with Crippen molar-refractivity contribution in [3.05, 3.63) is 60.1 Å². The van der Waals surface area contributed by atoms with Crippen LogP contribution in [0.1, 0.15) is 17.7 Å². The van der Waals surface area contributed by atoms with Crippen LogP contribution >= 0.6 is 0 Å². The first-order valence-electron chi connectivity index (χ1n) is 8.32. The molecule has 1 aliphatic heterocycles. The van der Waals surface area contributed by atoms with Crippen molar-refractivity contribution in [1.29, 1.82) is 0 Å². The van der Waals surface area contributed by atoms with Crippen molar-refractivity contribution in [2.75, 3.05) is 18.6 Å². The van der Waals surface area contributed by atoms with E-state index in [0.29, 0.717) is 24.5 Å². The van der Waals surface area contributed by atoms with Crippen LogP contribution in [0.2, 0.25) is 0 Å². The number of carbonyl (C=O) groups excluding carboxylic acids is 1. The van der Waals surface area contributed by atoms with Crippen molar-refractivity contribution < 1.29 is 22.4 Å². The van der Waals surface area contributed by atoms with E-state index in [1.54, 1.807) is 30.2 Å². The Morgan fingerprint density at radius 2 is 2.19 bits per heavy atom. The number of amides is 1. The fourth-order valence-electron chi connectivity index (χ4n) is 3.01. The predicted molar refractivity (Wildman–Crippen MR) is 98.3 cm³/mol. The van der Waals surface area contributed by atoms with Crippen LogP contribution in [0.25, 0.3) is 6.08 Å². The van der Waals surface area contributed by atoms with Gasteiger partial charge in [0.2, 0.25) is 5.91 Å². The van der Waals surface area contributed by atoms with E-state index >= 15 is 0 Å². The average molecular weight is 375 g/mol. The van der Waals surface area contributed by atoms with Gasteiger partial charge in [-0.2, -0.15) is 0 Å². The smallest absolute Gasteiger partial charge is 0.247 e. The summed E-state index contributed by atoms with van der Waals surface area (Å²) >= 11 is 0. The Morgan fingerprint density at radius 3 is 2.85 bits per heavy atom. The molecular formula is C19H21NO5S. The van der Waals surface area contributed by atoms with Gasteiger partial charge in [0.25, 0.3) is 0 Å². The zero-order chi connectivity index (χ0) is 18.6. The summed E-state index contributed by atoms with van der Waals surface area (Å²) in [5, 5.41) is 0. The third-order valence-corrected chi connectivity index (χ3v) is 6.10. The molecule has 2 aromatic rings. The topological polar surface area (TPSA) is 76.8 Å². The van der Waals surface area contributed by atoms with E-state index in [4.69, 9.17) is 9.15 Å². The Bertz CT molecular complexity index is 886. The highest BCUT2D eigenvalue weighted by Crippen LogP contribution is 2.22. The van der Waals surface area contributed by atoms with Gasteiger partial charge in [-0.25, -0.2) is 8.42 Å². The van der Waals surface area contributed by atoms with Gasteiger partial charge in [0.05, 0.1) is 24.9 Å². The molecule has 0 unspecified atom stereocenters. The van der Waals surface area contributed by atoms with Crippen LogP contribution in [0.3, 0.4) is 0 Å². The highest BCUT2D eigenvalue weighted by Gasteiger charge is 2.34. The van der Waals surface area contributed by atoms with Crippen molar-refractivity contribution in [3.63, 3.8) is 0 Å². The summed E-state index contributed by atoms with van der Waals surface area (Å²) in [6.07, 6.45) is 4.99. The number of carbonyl (C=O) groups is 1. The number of ether oxygens (including phenoxy) is 1. The number of hydrogen-bond donors (Lipinski definition) is 0. The van der Waals surface area contributed by atoms with Crippen molar-refractivity contribution in [3.8, 4) is 5.75 Å². The Labute approximate surface area is 153 Å². The summed E-state index contributed by atoms with van der Waals surface area (Å²) in [6.45, 7) is 0.318. The molecule has 0 spiro atoms. The van der Waals surface area contributed by atoms with Crippen LogP contribution in [-0.2, 0) is 21.2 Å². The molecule has 7 heteroatoms. The molecule has 26 heavy (non-hydrogen) atoms. The van der Waals surface area contributed by atoms with Gasteiger partial charge in [-0.3, -0.25) is 4.79 Å². The van der Waals surface area contributed by atoms with Gasteiger partial charge in [-0.05, 0) is 42.3 Å². The lowest BCUT2D eigenvalue weighted by atomic mass is 10.1. The minimum Gasteiger partial charge on any atom is -0.497 e. The van der Waals surface area contributed by atoms with Gasteiger partial charge >= 0.3 is 0 Å². The number of furan rings is 1. The molecular weight excluding hydrogens is 354 g/mol. The Hall–Kier alpha value is -2.54. The molecule has 138 valence electrons. The van der Waals surface area contributed by atoms with Gasteiger partial charge < -0.3 is 14.1 Å². The lowest BCUT2D eigenvalue weighted by Crippen LogP contribution is -2.39. The maximum absolute atomic E-state index is 12.8. The normalized spacial score (nSPS) is 18.9. The second-order valence-electron chi connectivity index (χ2n) is 6.22. The van der Waals surface area contributed by atoms with Crippen molar-refractivity contribution in [2.45, 2.75) is 19.0 Å². The van der Waals surface area contributed by atoms with Crippen LogP contribution in [0.4, 0.5) is 0 Å². The van der Waals surface area contributed by atoms with Gasteiger partial charge in [0.1, 0.15) is 11.5 Å². The van der Waals surface area contributed by atoms with Crippen molar-refractivity contribution in [1.82, 2.24) is 4.90 Å². The van der Waals surface area contributed by atoms with Gasteiger partial charge in [-0.15, -0.1) is 0 Å². The standard InChI is InChI=1S/C19H21NO5S/c1-24-18-5-2-4-15(12-18)13-20(16-9-11-26(22,23)14-16)19(21)8-7-17-6-3-10-25-17/h2-8,10,12,16H,9,11,13-14H2,1H3/b8-7+/t16-/m1/s1. The van der Waals surface area contributed by atoms with Crippen LogP contribution < -0.4 is 4.74 Å². The Balaban J connectivity index is 1.82. The number of sulfone groups is 1. The number of methoxy groups -OCH3 is 1. The van der Waals surface area contributed by atoms with Crippen LogP contribution in [0.15, 0.2) is 53.2 Å². The molecule has 0 N–H and O–H groups in total. The van der Waals surface area contributed by atoms with Crippen molar-refractivity contribution in [2.24, 2.45) is 0 Å². The van der Waals surface area contributed by atoms with Crippen LogP contribution in [0, 0.1) is 0 Å². The molecule has 1 atom stereocenters. The van der Waals surface area contributed by atoms with E-state index in [9.17, 15) is 13.2 Å². The average Bonchev–Trinajstić information content (AvgIpc) is 3.27. The molecule has 1 fully saturated rings. The monoisotopic (exact) mass is 375 g/mol. The summed E-state index contributed by atoms with van der Waals surface area (Å²) in [7, 11) is -1.52. The highest BCUT2D eigenvalue weighted by molar-refractivity contribution is 7.91. The molecule has 6 nitrogen and oxygen atoms in total. The molecule has 0 bridgehead atoms. The van der Waals surface area contributed by atoms with E-state index in [0.717, 1.165) is 5.56 Å². The molecule has 2 heterocycles. The van der Waals surface area contributed by atoms with Gasteiger partial charge in [0, 0.05) is 18.7 Å². The first kappa shape index (κ1) is 18.3. The van der Waals surface area contributed by atoms with Gasteiger partial charge in [0.15, 0.2) is 9.84 Å². The first-order valence-corrected chi connectivity index (χ1v) is 10.1. The first-order chi connectivity index (χ1) is 12.5. The molecule has 1 aromatic heterocycles. The number of hydrogen-bond acceptors (Lipinski definition) is 5. The minimum atomic E-state index is -3.10. The van der Waals surface area contributed by atoms with E-state index in [2.05, 4.69) is 0 Å². The third kappa shape index (κ3) is 4.54. The predicted octanol–water partition coefficient (Wildman–Crippen LogP) is 2.52. The summed E-state index contributed by atoms with van der Waals surface area (Å²) in [5.41, 5.74) is 0.883. The fraction of sp³-hybridized carbons (Fsp3) is 0.316. The number of rotatable bonds is 6. The molecule has 0 radical (unpaired) electrons. The number of nitrogens with zero attached hydrogens (tertiary/aromatic N) is 1. The number of benzene rings is 1. The Morgan fingerprint density at radius 1 is 1.35 bits per heavy atom. The zero-order valence-electron chi connectivity index (χ0n) is 14.5. The minimum absolute atomic E-state index is 0.00268. The second-order valence-corrected chi connectivity index (χ2v) is 8.45. The summed E-state index contributed by atoms with van der Waals surface area (Å²) in [6, 6.07) is 10.6. The summed E-state index contributed by atoms with van der Waals surface area (Å²) < 4.78 is 34.2. The second kappa shape index (κ2) is 7.78. The highest BCUT2D eigenvalue weighted by atomic mass is 32.2. The van der Waals surface area contributed by atoms with E-state index < -0.39 is 9.84 Å². The lowest BCUT2D eigenvalue weighted by molar-refractivity contribution is -0.128. The molecule has 1 aromatic carbocycles. The van der Waals surface area contributed by atoms with Gasteiger partial charge in [-0.1, -0.05) is 12.1 Å².